The van der Waals surface area contributed by atoms with Gasteiger partial charge in [-0.25, -0.2) is 0 Å². The summed E-state index contributed by atoms with van der Waals surface area (Å²) in [6.45, 7) is 5.22. The SMILES string of the molecule is CC(O)CN[C@@H]1CCCCC1O.CCc1ccc(OC)c(OC)c1.COCCc1ccc(OC)cc1. The molecule has 0 spiro atoms. The fourth-order valence-corrected chi connectivity index (χ4v) is 3.78. The Morgan fingerprint density at radius 1 is 0.889 bits per heavy atom. The first-order chi connectivity index (χ1) is 17.4. The third-order valence-corrected chi connectivity index (χ3v) is 6.02. The van der Waals surface area contributed by atoms with Gasteiger partial charge in [0.1, 0.15) is 5.75 Å². The normalized spacial score (nSPS) is 17.6. The molecule has 3 atom stereocenters. The lowest BCUT2D eigenvalue weighted by Gasteiger charge is -2.28. The highest BCUT2D eigenvalue weighted by atomic mass is 16.5. The predicted octanol–water partition coefficient (Wildman–Crippen LogP) is 4.41. The van der Waals surface area contributed by atoms with E-state index in [2.05, 4.69) is 24.4 Å². The van der Waals surface area contributed by atoms with Crippen LogP contribution in [0.4, 0.5) is 0 Å². The summed E-state index contributed by atoms with van der Waals surface area (Å²) in [6.07, 6.45) is 5.70. The fourth-order valence-electron chi connectivity index (χ4n) is 3.78. The second-order valence-corrected chi connectivity index (χ2v) is 8.85. The zero-order valence-corrected chi connectivity index (χ0v) is 23.0. The second-order valence-electron chi connectivity index (χ2n) is 8.85. The molecule has 0 aliphatic heterocycles. The number of aryl methyl sites for hydroxylation is 1. The van der Waals surface area contributed by atoms with E-state index in [-0.39, 0.29) is 18.2 Å². The summed E-state index contributed by atoms with van der Waals surface area (Å²) in [5.41, 5.74) is 2.53. The van der Waals surface area contributed by atoms with E-state index in [4.69, 9.17) is 24.1 Å². The number of benzene rings is 2. The fraction of sp³-hybridized carbons (Fsp3) is 0.586. The topological polar surface area (TPSA) is 89.4 Å². The van der Waals surface area contributed by atoms with Gasteiger partial charge in [0.05, 0.1) is 40.1 Å². The van der Waals surface area contributed by atoms with Gasteiger partial charge in [-0.05, 0) is 68.0 Å². The van der Waals surface area contributed by atoms with Crippen LogP contribution in [0.25, 0.3) is 0 Å². The standard InChI is InChI=1S/2C10H14O2.C9H19NO2/c1-11-8-7-9-3-5-10(12-2)6-4-9;1-4-8-5-6-9(11-2)10(7-8)12-3;1-7(11)6-10-8-4-2-3-5-9(8)12/h3-6H,7-8H2,1-2H3;5-7H,4H2,1-3H3;7-12H,2-6H2,1H3/t;;7?,8-,9?/m..1/s1. The van der Waals surface area contributed by atoms with Crippen molar-refractivity contribution in [3.63, 3.8) is 0 Å². The Morgan fingerprint density at radius 2 is 1.53 bits per heavy atom. The lowest BCUT2D eigenvalue weighted by atomic mass is 9.92. The Morgan fingerprint density at radius 3 is 2.06 bits per heavy atom. The third kappa shape index (κ3) is 12.6. The zero-order valence-electron chi connectivity index (χ0n) is 23.0. The number of nitrogens with one attached hydrogen (secondary N) is 1. The lowest BCUT2D eigenvalue weighted by Crippen LogP contribution is -2.44. The molecule has 0 bridgehead atoms. The van der Waals surface area contributed by atoms with Crippen LogP contribution in [0.3, 0.4) is 0 Å². The van der Waals surface area contributed by atoms with Gasteiger partial charge < -0.3 is 34.5 Å². The Bertz CT molecular complexity index is 812. The van der Waals surface area contributed by atoms with Gasteiger partial charge in [0.15, 0.2) is 11.5 Å². The highest BCUT2D eigenvalue weighted by Gasteiger charge is 2.22. The summed E-state index contributed by atoms with van der Waals surface area (Å²) in [5, 5.41) is 21.7. The molecule has 1 aliphatic rings. The summed E-state index contributed by atoms with van der Waals surface area (Å²) < 4.78 is 20.3. The van der Waals surface area contributed by atoms with Gasteiger partial charge in [-0.2, -0.15) is 0 Å². The summed E-state index contributed by atoms with van der Waals surface area (Å²) in [4.78, 5) is 0. The van der Waals surface area contributed by atoms with Gasteiger partial charge in [0.2, 0.25) is 0 Å². The van der Waals surface area contributed by atoms with Crippen molar-refractivity contribution < 1.29 is 29.2 Å². The maximum atomic E-state index is 9.54. The number of methoxy groups -OCH3 is 4. The van der Waals surface area contributed by atoms with Crippen molar-refractivity contribution in [2.75, 3.05) is 41.6 Å². The number of aliphatic hydroxyl groups is 2. The molecule has 0 heterocycles. The average molecular weight is 506 g/mol. The van der Waals surface area contributed by atoms with Crippen molar-refractivity contribution in [1.29, 1.82) is 0 Å². The van der Waals surface area contributed by atoms with Crippen LogP contribution < -0.4 is 19.5 Å². The van der Waals surface area contributed by atoms with E-state index < -0.39 is 0 Å². The van der Waals surface area contributed by atoms with Crippen molar-refractivity contribution >= 4 is 0 Å². The van der Waals surface area contributed by atoms with Gasteiger partial charge >= 0.3 is 0 Å². The molecule has 3 N–H and O–H groups in total. The number of hydrogen-bond acceptors (Lipinski definition) is 7. The van der Waals surface area contributed by atoms with Crippen LogP contribution in [-0.4, -0.2) is 70.1 Å². The molecule has 1 saturated carbocycles. The second kappa shape index (κ2) is 18.9. The molecule has 3 rings (SSSR count). The minimum atomic E-state index is -0.320. The summed E-state index contributed by atoms with van der Waals surface area (Å²) in [5.74, 6) is 2.49. The lowest BCUT2D eigenvalue weighted by molar-refractivity contribution is 0.0820. The minimum Gasteiger partial charge on any atom is -0.497 e. The monoisotopic (exact) mass is 505 g/mol. The smallest absolute Gasteiger partial charge is 0.160 e. The molecular weight excluding hydrogens is 458 g/mol. The van der Waals surface area contributed by atoms with E-state index >= 15 is 0 Å². The summed E-state index contributed by atoms with van der Waals surface area (Å²) in [7, 11) is 6.68. The first kappa shape index (κ1) is 31.7. The van der Waals surface area contributed by atoms with Crippen molar-refractivity contribution in [1.82, 2.24) is 5.32 Å². The molecule has 0 aromatic heterocycles. The molecule has 2 unspecified atom stereocenters. The first-order valence-corrected chi connectivity index (χ1v) is 12.8. The summed E-state index contributed by atoms with van der Waals surface area (Å²) >= 11 is 0. The Hall–Kier alpha value is -2.32. The average Bonchev–Trinajstić information content (AvgIpc) is 2.92. The van der Waals surface area contributed by atoms with Crippen LogP contribution in [0.15, 0.2) is 42.5 Å². The quantitative estimate of drug-likeness (QED) is 0.441. The van der Waals surface area contributed by atoms with Crippen LogP contribution in [0.5, 0.6) is 17.2 Å². The van der Waals surface area contributed by atoms with Gasteiger partial charge in [-0.15, -0.1) is 0 Å². The molecule has 7 nitrogen and oxygen atoms in total. The number of hydrogen-bond donors (Lipinski definition) is 3. The third-order valence-electron chi connectivity index (χ3n) is 6.02. The van der Waals surface area contributed by atoms with Gasteiger partial charge in [0.25, 0.3) is 0 Å². The molecule has 0 amide bonds. The predicted molar refractivity (Wildman–Crippen MR) is 145 cm³/mol. The van der Waals surface area contributed by atoms with Crippen LogP contribution >= 0.6 is 0 Å². The maximum absolute atomic E-state index is 9.54. The molecule has 0 radical (unpaired) electrons. The van der Waals surface area contributed by atoms with E-state index in [0.717, 1.165) is 56.0 Å². The Labute approximate surface area is 217 Å². The van der Waals surface area contributed by atoms with E-state index in [1.807, 2.05) is 30.3 Å². The molecule has 2 aromatic rings. The van der Waals surface area contributed by atoms with Crippen LogP contribution in [-0.2, 0) is 17.6 Å². The molecule has 7 heteroatoms. The first-order valence-electron chi connectivity index (χ1n) is 12.8. The van der Waals surface area contributed by atoms with Crippen LogP contribution in [0.2, 0.25) is 0 Å². The number of aliphatic hydroxyl groups excluding tert-OH is 2. The van der Waals surface area contributed by atoms with Crippen LogP contribution in [0.1, 0.15) is 50.7 Å². The van der Waals surface area contributed by atoms with Crippen molar-refractivity contribution in [2.24, 2.45) is 0 Å². The summed E-state index contributed by atoms with van der Waals surface area (Å²) in [6, 6.07) is 14.2. The molecule has 0 saturated heterocycles. The molecule has 36 heavy (non-hydrogen) atoms. The molecule has 1 fully saturated rings. The Kier molecular flexibility index (Phi) is 16.6. The van der Waals surface area contributed by atoms with Gasteiger partial charge in [0, 0.05) is 19.7 Å². The number of rotatable bonds is 10. The van der Waals surface area contributed by atoms with Crippen LogP contribution in [0, 0.1) is 0 Å². The molecule has 2 aromatic carbocycles. The van der Waals surface area contributed by atoms with E-state index in [9.17, 15) is 5.11 Å². The highest BCUT2D eigenvalue weighted by Crippen LogP contribution is 2.27. The van der Waals surface area contributed by atoms with Gasteiger partial charge in [-0.1, -0.05) is 38.0 Å². The molecule has 204 valence electrons. The molecule has 1 aliphatic carbocycles. The largest absolute Gasteiger partial charge is 0.497 e. The van der Waals surface area contributed by atoms with E-state index in [0.29, 0.717) is 6.54 Å². The van der Waals surface area contributed by atoms with Crippen molar-refractivity contribution in [2.45, 2.75) is 70.6 Å². The maximum Gasteiger partial charge on any atom is 0.160 e. The van der Waals surface area contributed by atoms with E-state index in [1.165, 1.54) is 17.5 Å². The van der Waals surface area contributed by atoms with E-state index in [1.54, 1.807) is 35.4 Å². The number of ether oxygens (including phenoxy) is 4. The highest BCUT2D eigenvalue weighted by molar-refractivity contribution is 5.42. The molecular formula is C29H47NO6. The Balaban J connectivity index is 0.000000270. The van der Waals surface area contributed by atoms with Crippen molar-refractivity contribution in [3.05, 3.63) is 53.6 Å². The van der Waals surface area contributed by atoms with Crippen molar-refractivity contribution in [3.8, 4) is 17.2 Å². The van der Waals surface area contributed by atoms with Gasteiger partial charge in [-0.3, -0.25) is 0 Å². The zero-order chi connectivity index (χ0) is 26.8. The minimum absolute atomic E-state index is 0.202.